The molecule has 0 bridgehead atoms. The average molecular weight is 328 g/mol. The molecule has 0 spiro atoms. The molecule has 0 aliphatic heterocycles. The van der Waals surface area contributed by atoms with Crippen molar-refractivity contribution in [1.29, 1.82) is 0 Å². The van der Waals surface area contributed by atoms with E-state index < -0.39 is 11.8 Å². The maximum atomic E-state index is 12.8. The number of carbonyl (C=O) groups is 1. The molecular weight excluding hydrogens is 311 g/mol. The number of unbranched alkanes of at least 4 members (excludes halogenated alkanes) is 1. The lowest BCUT2D eigenvalue weighted by Crippen LogP contribution is -2.34. The van der Waals surface area contributed by atoms with Gasteiger partial charge >= 0.3 is 11.8 Å². The van der Waals surface area contributed by atoms with Crippen molar-refractivity contribution in [3.8, 4) is 0 Å². The molecule has 3 rings (SSSR count). The van der Waals surface area contributed by atoms with E-state index >= 15 is 0 Å². The Kier molecular flexibility index (Phi) is 4.74. The van der Waals surface area contributed by atoms with Crippen molar-refractivity contribution in [3.05, 3.63) is 70.5 Å². The number of para-hydroxylation sites is 2. The summed E-state index contributed by atoms with van der Waals surface area (Å²) in [4.78, 5) is 23.9. The molecule has 1 heterocycles. The first kappa shape index (κ1) is 16.0. The molecule has 1 amide bonds. The summed E-state index contributed by atoms with van der Waals surface area (Å²) in [6.07, 6.45) is 2.42. The van der Waals surface area contributed by atoms with Gasteiger partial charge in [-0.3, -0.25) is 0 Å². The molecule has 2 aromatic carbocycles. The zero-order valence-electron chi connectivity index (χ0n) is 13.0. The van der Waals surface area contributed by atoms with Crippen LogP contribution in [0.5, 0.6) is 0 Å². The van der Waals surface area contributed by atoms with Gasteiger partial charge in [0, 0.05) is 6.54 Å². The number of carbonyl (C=O) groups excluding carboxylic acids is 1. The smallest absolute Gasteiger partial charge is 0.407 e. The van der Waals surface area contributed by atoms with Gasteiger partial charge in [0.25, 0.3) is 0 Å². The Morgan fingerprint density at radius 3 is 2.62 bits per heavy atom. The molecule has 3 aromatic rings. The molecule has 1 aromatic heterocycles. The lowest BCUT2D eigenvalue weighted by atomic mass is 10.1. The van der Waals surface area contributed by atoms with E-state index in [-0.39, 0.29) is 5.82 Å². The lowest BCUT2D eigenvalue weighted by Gasteiger charge is -2.05. The van der Waals surface area contributed by atoms with Crippen LogP contribution in [0.25, 0.3) is 11.1 Å². The highest BCUT2D eigenvalue weighted by molar-refractivity contribution is 5.87. The first-order valence-corrected chi connectivity index (χ1v) is 7.78. The van der Waals surface area contributed by atoms with Crippen LogP contribution in [0.15, 0.2) is 57.7 Å². The Morgan fingerprint density at radius 1 is 1.08 bits per heavy atom. The summed E-state index contributed by atoms with van der Waals surface area (Å²) in [6.45, 7) is 0.450. The summed E-state index contributed by atoms with van der Waals surface area (Å²) in [6, 6.07) is 12.7. The number of fused-ring (bicyclic) bond motifs is 1. The highest BCUT2D eigenvalue weighted by atomic mass is 19.1. The minimum Gasteiger partial charge on any atom is -0.407 e. The van der Waals surface area contributed by atoms with Gasteiger partial charge in [0.05, 0.1) is 5.52 Å². The Hall–Kier alpha value is -2.89. The van der Waals surface area contributed by atoms with Gasteiger partial charge in [-0.25, -0.2) is 14.0 Å². The van der Waals surface area contributed by atoms with E-state index in [9.17, 15) is 14.0 Å². The maximum absolute atomic E-state index is 12.8. The molecule has 0 saturated heterocycles. The molecule has 5 nitrogen and oxygen atoms in total. The van der Waals surface area contributed by atoms with Gasteiger partial charge in [0.2, 0.25) is 0 Å². The number of aromatic nitrogens is 1. The van der Waals surface area contributed by atoms with Crippen molar-refractivity contribution >= 4 is 17.1 Å². The fourth-order valence-electron chi connectivity index (χ4n) is 2.54. The molecule has 0 aliphatic carbocycles. The highest BCUT2D eigenvalue weighted by Gasteiger charge is 2.14. The molecular formula is C18H17FN2O3. The molecule has 6 heteroatoms. The Labute approximate surface area is 137 Å². The van der Waals surface area contributed by atoms with E-state index in [4.69, 9.17) is 4.42 Å². The van der Waals surface area contributed by atoms with E-state index in [1.54, 1.807) is 36.4 Å². The molecule has 0 fully saturated rings. The molecule has 0 aliphatic rings. The number of halogens is 1. The molecule has 1 N–H and O–H groups in total. The number of hydrogen-bond acceptors (Lipinski definition) is 3. The van der Waals surface area contributed by atoms with Crippen molar-refractivity contribution in [2.45, 2.75) is 19.3 Å². The van der Waals surface area contributed by atoms with Crippen molar-refractivity contribution in [3.63, 3.8) is 0 Å². The van der Waals surface area contributed by atoms with Crippen molar-refractivity contribution in [2.24, 2.45) is 0 Å². The fraction of sp³-hybridized carbons (Fsp3) is 0.222. The number of rotatable bonds is 5. The predicted octanol–water partition coefficient (Wildman–Crippen LogP) is 3.31. The molecule has 0 atom stereocenters. The van der Waals surface area contributed by atoms with Crippen LogP contribution in [-0.2, 0) is 6.42 Å². The molecule has 0 radical (unpaired) electrons. The summed E-state index contributed by atoms with van der Waals surface area (Å²) in [5, 5.41) is 2.72. The number of nitrogens with one attached hydrogen (secondary N) is 1. The van der Waals surface area contributed by atoms with Gasteiger partial charge in [-0.2, -0.15) is 4.57 Å². The standard InChI is InChI=1S/C18H17FN2O3/c19-14-10-8-13(9-11-14)5-3-4-12-20-17(22)21-15-6-1-2-7-16(15)24-18(21)23/h1-2,6-11H,3-5,12H2,(H,20,22). The van der Waals surface area contributed by atoms with E-state index in [0.29, 0.717) is 17.6 Å². The highest BCUT2D eigenvalue weighted by Crippen LogP contribution is 2.11. The van der Waals surface area contributed by atoms with Crippen LogP contribution in [0.4, 0.5) is 9.18 Å². The Morgan fingerprint density at radius 2 is 1.83 bits per heavy atom. The number of benzene rings is 2. The van der Waals surface area contributed by atoms with Gasteiger partial charge < -0.3 is 9.73 Å². The summed E-state index contributed by atoms with van der Waals surface area (Å²) < 4.78 is 18.8. The minimum absolute atomic E-state index is 0.246. The van der Waals surface area contributed by atoms with E-state index in [1.165, 1.54) is 12.1 Å². The summed E-state index contributed by atoms with van der Waals surface area (Å²) in [5.41, 5.74) is 1.89. The number of aryl methyl sites for hydroxylation is 1. The Bertz CT molecular complexity index is 897. The third-order valence-corrected chi connectivity index (χ3v) is 3.77. The first-order valence-electron chi connectivity index (χ1n) is 7.78. The van der Waals surface area contributed by atoms with Crippen LogP contribution in [0.1, 0.15) is 18.4 Å². The molecule has 124 valence electrons. The second kappa shape index (κ2) is 7.12. The predicted molar refractivity (Wildman–Crippen MR) is 88.6 cm³/mol. The average Bonchev–Trinajstić information content (AvgIpc) is 2.92. The minimum atomic E-state index is -0.694. The second-order valence-corrected chi connectivity index (χ2v) is 5.49. The zero-order valence-corrected chi connectivity index (χ0v) is 13.0. The maximum Gasteiger partial charge on any atom is 0.428 e. The quantitative estimate of drug-likeness (QED) is 0.731. The molecule has 0 unspecified atom stereocenters. The molecule has 0 saturated carbocycles. The van der Waals surface area contributed by atoms with Crippen molar-refractivity contribution < 1.29 is 13.6 Å². The van der Waals surface area contributed by atoms with Gasteiger partial charge in [-0.15, -0.1) is 0 Å². The van der Waals surface area contributed by atoms with Crippen LogP contribution in [0, 0.1) is 5.82 Å². The van der Waals surface area contributed by atoms with Crippen molar-refractivity contribution in [1.82, 2.24) is 9.88 Å². The number of oxazole rings is 1. The van der Waals surface area contributed by atoms with Gasteiger partial charge in [0.1, 0.15) is 5.82 Å². The number of hydrogen-bond donors (Lipinski definition) is 1. The number of amides is 1. The first-order chi connectivity index (χ1) is 11.6. The van der Waals surface area contributed by atoms with Crippen molar-refractivity contribution in [2.75, 3.05) is 6.54 Å². The number of nitrogens with zero attached hydrogens (tertiary/aromatic N) is 1. The van der Waals surface area contributed by atoms with Gasteiger partial charge in [-0.1, -0.05) is 24.3 Å². The Balaban J connectivity index is 1.51. The van der Waals surface area contributed by atoms with Gasteiger partial charge in [0.15, 0.2) is 5.58 Å². The van der Waals surface area contributed by atoms with E-state index in [1.807, 2.05) is 0 Å². The summed E-state index contributed by atoms with van der Waals surface area (Å²) >= 11 is 0. The second-order valence-electron chi connectivity index (χ2n) is 5.49. The third kappa shape index (κ3) is 3.53. The lowest BCUT2D eigenvalue weighted by molar-refractivity contribution is 0.241. The van der Waals surface area contributed by atoms with E-state index in [0.717, 1.165) is 29.4 Å². The summed E-state index contributed by atoms with van der Waals surface area (Å²) in [5.74, 6) is -0.941. The topological polar surface area (TPSA) is 64.2 Å². The summed E-state index contributed by atoms with van der Waals surface area (Å²) in [7, 11) is 0. The normalized spacial score (nSPS) is 10.9. The van der Waals surface area contributed by atoms with Crippen LogP contribution in [0.2, 0.25) is 0 Å². The SMILES string of the molecule is O=C(NCCCCc1ccc(F)cc1)n1c(=O)oc2ccccc21. The van der Waals surface area contributed by atoms with Gasteiger partial charge in [-0.05, 0) is 49.1 Å². The zero-order chi connectivity index (χ0) is 16.9. The monoisotopic (exact) mass is 328 g/mol. The van der Waals surface area contributed by atoms with Crippen LogP contribution in [0.3, 0.4) is 0 Å². The third-order valence-electron chi connectivity index (χ3n) is 3.77. The van der Waals surface area contributed by atoms with Crippen LogP contribution in [-0.4, -0.2) is 17.1 Å². The van der Waals surface area contributed by atoms with E-state index in [2.05, 4.69) is 5.32 Å². The van der Waals surface area contributed by atoms with Crippen LogP contribution >= 0.6 is 0 Å². The fourth-order valence-corrected chi connectivity index (χ4v) is 2.54. The largest absolute Gasteiger partial charge is 0.428 e. The van der Waals surface area contributed by atoms with Crippen LogP contribution < -0.4 is 11.1 Å². The molecule has 24 heavy (non-hydrogen) atoms.